The lowest BCUT2D eigenvalue weighted by atomic mass is 9.90. The molecule has 1 fully saturated rings. The van der Waals surface area contributed by atoms with Crippen molar-refractivity contribution in [1.29, 1.82) is 0 Å². The first-order chi connectivity index (χ1) is 8.52. The molecule has 6 heteroatoms. The van der Waals surface area contributed by atoms with Crippen LogP contribution in [-0.4, -0.2) is 27.3 Å². The number of aliphatic hydroxyl groups is 1. The number of nitrogens with zero attached hydrogens (tertiary/aromatic N) is 2. The largest absolute Gasteiger partial charge is 0.388 e. The molecule has 1 aliphatic heterocycles. The van der Waals surface area contributed by atoms with Gasteiger partial charge in [0.15, 0.2) is 0 Å². The minimum absolute atomic E-state index is 0.0314. The van der Waals surface area contributed by atoms with Crippen LogP contribution in [0.5, 0.6) is 0 Å². The molecule has 0 aromatic carbocycles. The van der Waals surface area contributed by atoms with Crippen molar-refractivity contribution >= 4 is 0 Å². The highest BCUT2D eigenvalue weighted by atomic mass is 16.3. The molecule has 2 rings (SSSR count). The number of rotatable bonds is 2. The zero-order valence-electron chi connectivity index (χ0n) is 10.7. The van der Waals surface area contributed by atoms with Gasteiger partial charge in [-0.1, -0.05) is 0 Å². The minimum Gasteiger partial charge on any atom is -0.388 e. The molecule has 6 nitrogen and oxygen atoms in total. The van der Waals surface area contributed by atoms with Gasteiger partial charge in [0, 0.05) is 32.8 Å². The van der Waals surface area contributed by atoms with Crippen LogP contribution in [0.25, 0.3) is 0 Å². The smallest absolute Gasteiger partial charge is 0.330 e. The standard InChI is InChI=1S/C12H19N3O3/c1-14-7-9(11(17)15(2)12(14)18)10(16)8-4-3-5-13-6-8/h7-8,10,13,16H,3-6H2,1-2H3. The molecule has 1 aliphatic rings. The predicted molar refractivity (Wildman–Crippen MR) is 67.5 cm³/mol. The number of piperidine rings is 1. The monoisotopic (exact) mass is 253 g/mol. The molecule has 2 N–H and O–H groups in total. The molecular weight excluding hydrogens is 234 g/mol. The zero-order chi connectivity index (χ0) is 13.3. The first-order valence-electron chi connectivity index (χ1n) is 6.17. The molecule has 0 radical (unpaired) electrons. The number of aryl methyl sites for hydroxylation is 1. The Hall–Kier alpha value is -1.40. The maximum atomic E-state index is 12.0. The summed E-state index contributed by atoms with van der Waals surface area (Å²) in [6.45, 7) is 1.65. The van der Waals surface area contributed by atoms with Crippen molar-refractivity contribution in [3.8, 4) is 0 Å². The van der Waals surface area contributed by atoms with E-state index in [2.05, 4.69) is 5.32 Å². The molecule has 0 spiro atoms. The summed E-state index contributed by atoms with van der Waals surface area (Å²) in [5.74, 6) is 0.0314. The molecule has 2 unspecified atom stereocenters. The third kappa shape index (κ3) is 2.26. The van der Waals surface area contributed by atoms with Crippen molar-refractivity contribution in [2.45, 2.75) is 18.9 Å². The summed E-state index contributed by atoms with van der Waals surface area (Å²) in [7, 11) is 3.01. The van der Waals surface area contributed by atoms with Gasteiger partial charge in [-0.3, -0.25) is 9.36 Å². The van der Waals surface area contributed by atoms with Gasteiger partial charge < -0.3 is 15.0 Å². The molecule has 0 amide bonds. The first kappa shape index (κ1) is 13.0. The van der Waals surface area contributed by atoms with E-state index in [4.69, 9.17) is 0 Å². The third-order valence-electron chi connectivity index (χ3n) is 3.57. The zero-order valence-corrected chi connectivity index (χ0v) is 10.7. The highest BCUT2D eigenvalue weighted by Crippen LogP contribution is 2.24. The van der Waals surface area contributed by atoms with Gasteiger partial charge in [0.05, 0.1) is 11.7 Å². The molecule has 0 saturated carbocycles. The highest BCUT2D eigenvalue weighted by Gasteiger charge is 2.26. The fourth-order valence-corrected chi connectivity index (χ4v) is 2.44. The summed E-state index contributed by atoms with van der Waals surface area (Å²) in [5.41, 5.74) is -0.484. The van der Waals surface area contributed by atoms with Gasteiger partial charge in [-0.05, 0) is 19.4 Å². The van der Waals surface area contributed by atoms with Crippen molar-refractivity contribution in [2.24, 2.45) is 20.0 Å². The summed E-state index contributed by atoms with van der Waals surface area (Å²) < 4.78 is 2.37. The van der Waals surface area contributed by atoms with Crippen LogP contribution in [0.3, 0.4) is 0 Å². The second-order valence-electron chi connectivity index (χ2n) is 4.89. The lowest BCUT2D eigenvalue weighted by Gasteiger charge is -2.27. The Morgan fingerprint density at radius 1 is 1.44 bits per heavy atom. The molecule has 100 valence electrons. The summed E-state index contributed by atoms with van der Waals surface area (Å²) in [5, 5.41) is 13.5. The number of aliphatic hydroxyl groups excluding tert-OH is 1. The lowest BCUT2D eigenvalue weighted by molar-refractivity contribution is 0.0897. The van der Waals surface area contributed by atoms with E-state index in [-0.39, 0.29) is 11.6 Å². The molecule has 0 bridgehead atoms. The Morgan fingerprint density at radius 3 is 2.78 bits per heavy atom. The van der Waals surface area contributed by atoms with E-state index in [1.807, 2.05) is 0 Å². The average molecular weight is 253 g/mol. The quantitative estimate of drug-likeness (QED) is 0.717. The van der Waals surface area contributed by atoms with Gasteiger partial charge in [0.1, 0.15) is 0 Å². The van der Waals surface area contributed by atoms with E-state index >= 15 is 0 Å². The number of aromatic nitrogens is 2. The lowest BCUT2D eigenvalue weighted by Crippen LogP contribution is -2.41. The van der Waals surface area contributed by atoms with Crippen molar-refractivity contribution in [1.82, 2.24) is 14.5 Å². The van der Waals surface area contributed by atoms with Gasteiger partial charge in [0.25, 0.3) is 5.56 Å². The second-order valence-corrected chi connectivity index (χ2v) is 4.89. The van der Waals surface area contributed by atoms with Crippen LogP contribution in [-0.2, 0) is 14.1 Å². The van der Waals surface area contributed by atoms with Gasteiger partial charge >= 0.3 is 5.69 Å². The number of hydrogen-bond donors (Lipinski definition) is 2. The van der Waals surface area contributed by atoms with Crippen LogP contribution in [0.1, 0.15) is 24.5 Å². The van der Waals surface area contributed by atoms with Crippen LogP contribution in [0, 0.1) is 5.92 Å². The molecule has 18 heavy (non-hydrogen) atoms. The minimum atomic E-state index is -0.816. The molecular formula is C12H19N3O3. The molecule has 1 aromatic rings. The van der Waals surface area contributed by atoms with Crippen LogP contribution in [0.15, 0.2) is 15.8 Å². The Kier molecular flexibility index (Phi) is 3.68. The highest BCUT2D eigenvalue weighted by molar-refractivity contribution is 5.11. The molecule has 2 atom stereocenters. The Balaban J connectivity index is 2.38. The second kappa shape index (κ2) is 5.07. The predicted octanol–water partition coefficient (Wildman–Crippen LogP) is -0.883. The molecule has 1 aromatic heterocycles. The van der Waals surface area contributed by atoms with E-state index in [0.29, 0.717) is 12.1 Å². The SMILES string of the molecule is Cn1cc(C(O)C2CCCNC2)c(=O)n(C)c1=O. The normalized spacial score (nSPS) is 21.8. The van der Waals surface area contributed by atoms with E-state index in [1.165, 1.54) is 17.8 Å². The fraction of sp³-hybridized carbons (Fsp3) is 0.667. The van der Waals surface area contributed by atoms with Crippen LogP contribution < -0.4 is 16.6 Å². The van der Waals surface area contributed by atoms with Crippen molar-refractivity contribution in [2.75, 3.05) is 13.1 Å². The molecule has 1 saturated heterocycles. The van der Waals surface area contributed by atoms with E-state index in [0.717, 1.165) is 24.0 Å². The van der Waals surface area contributed by atoms with Crippen LogP contribution in [0.2, 0.25) is 0 Å². The topological polar surface area (TPSA) is 76.3 Å². The van der Waals surface area contributed by atoms with Gasteiger partial charge in [-0.15, -0.1) is 0 Å². The first-order valence-corrected chi connectivity index (χ1v) is 6.17. The summed E-state index contributed by atoms with van der Waals surface area (Å²) >= 11 is 0. The Bertz CT molecular complexity index is 540. The van der Waals surface area contributed by atoms with Crippen molar-refractivity contribution in [3.63, 3.8) is 0 Å². The van der Waals surface area contributed by atoms with E-state index < -0.39 is 11.7 Å². The third-order valence-corrected chi connectivity index (χ3v) is 3.57. The van der Waals surface area contributed by atoms with Crippen molar-refractivity contribution < 1.29 is 5.11 Å². The van der Waals surface area contributed by atoms with Gasteiger partial charge in [-0.2, -0.15) is 0 Å². The summed E-state index contributed by atoms with van der Waals surface area (Å²) in [6, 6.07) is 0. The Labute approximate surface area is 105 Å². The van der Waals surface area contributed by atoms with E-state index in [1.54, 1.807) is 7.05 Å². The van der Waals surface area contributed by atoms with Gasteiger partial charge in [-0.25, -0.2) is 4.79 Å². The van der Waals surface area contributed by atoms with Crippen LogP contribution >= 0.6 is 0 Å². The maximum Gasteiger partial charge on any atom is 0.330 e. The van der Waals surface area contributed by atoms with Crippen LogP contribution in [0.4, 0.5) is 0 Å². The summed E-state index contributed by atoms with van der Waals surface area (Å²) in [6.07, 6.45) is 2.51. The molecule has 2 heterocycles. The Morgan fingerprint density at radius 2 is 2.17 bits per heavy atom. The summed E-state index contributed by atoms with van der Waals surface area (Å²) in [4.78, 5) is 23.6. The average Bonchev–Trinajstić information content (AvgIpc) is 2.41. The van der Waals surface area contributed by atoms with Gasteiger partial charge in [0.2, 0.25) is 0 Å². The fourth-order valence-electron chi connectivity index (χ4n) is 2.44. The number of hydrogen-bond acceptors (Lipinski definition) is 4. The molecule has 0 aliphatic carbocycles. The maximum absolute atomic E-state index is 12.0. The number of nitrogens with one attached hydrogen (secondary N) is 1. The van der Waals surface area contributed by atoms with Crippen molar-refractivity contribution in [3.05, 3.63) is 32.6 Å². The van der Waals surface area contributed by atoms with E-state index in [9.17, 15) is 14.7 Å².